The number of anilines is 1. The summed E-state index contributed by atoms with van der Waals surface area (Å²) < 4.78 is 16.1. The van der Waals surface area contributed by atoms with Gasteiger partial charge in [-0.25, -0.2) is 4.39 Å². The molecular weight excluding hydrogens is 317 g/mol. The lowest BCUT2D eigenvalue weighted by Crippen LogP contribution is -1.97. The van der Waals surface area contributed by atoms with Crippen molar-refractivity contribution in [1.82, 2.24) is 9.78 Å². The van der Waals surface area contributed by atoms with Crippen LogP contribution >= 0.6 is 27.7 Å². The third-order valence-corrected chi connectivity index (χ3v) is 4.65. The Morgan fingerprint density at radius 2 is 2.22 bits per heavy atom. The van der Waals surface area contributed by atoms with Crippen molar-refractivity contribution in [3.05, 3.63) is 39.9 Å². The van der Waals surface area contributed by atoms with E-state index in [4.69, 9.17) is 5.73 Å². The number of rotatable bonds is 3. The van der Waals surface area contributed by atoms with Crippen LogP contribution in [0.3, 0.4) is 0 Å². The van der Waals surface area contributed by atoms with Crippen molar-refractivity contribution >= 4 is 33.4 Å². The molecule has 6 heteroatoms. The summed E-state index contributed by atoms with van der Waals surface area (Å²) in [5.74, 6) is 0.349. The molecule has 18 heavy (non-hydrogen) atoms. The van der Waals surface area contributed by atoms with E-state index >= 15 is 0 Å². The number of thioether (sulfide) groups is 1. The molecule has 2 aromatic rings. The number of aryl methyl sites for hydroxylation is 2. The molecular formula is C12H13BrFN3S. The van der Waals surface area contributed by atoms with E-state index < -0.39 is 0 Å². The van der Waals surface area contributed by atoms with Gasteiger partial charge in [-0.2, -0.15) is 5.10 Å². The first-order valence-electron chi connectivity index (χ1n) is 5.35. The Balaban J connectivity index is 2.14. The number of hydrogen-bond acceptors (Lipinski definition) is 3. The van der Waals surface area contributed by atoms with Gasteiger partial charge in [0.15, 0.2) is 0 Å². The van der Waals surface area contributed by atoms with Crippen molar-refractivity contribution in [2.24, 2.45) is 7.05 Å². The van der Waals surface area contributed by atoms with E-state index in [9.17, 15) is 4.39 Å². The third-order valence-electron chi connectivity index (χ3n) is 2.61. The molecule has 0 aliphatic carbocycles. The average molecular weight is 330 g/mol. The molecule has 0 saturated carbocycles. The van der Waals surface area contributed by atoms with Gasteiger partial charge in [0.2, 0.25) is 0 Å². The minimum atomic E-state index is -0.375. The highest BCUT2D eigenvalue weighted by Gasteiger charge is 2.11. The minimum Gasteiger partial charge on any atom is -0.396 e. The van der Waals surface area contributed by atoms with Gasteiger partial charge in [0.1, 0.15) is 5.82 Å². The Morgan fingerprint density at radius 1 is 1.50 bits per heavy atom. The summed E-state index contributed by atoms with van der Waals surface area (Å²) in [6.07, 6.45) is 0. The zero-order valence-electron chi connectivity index (χ0n) is 10.1. The SMILES string of the molecule is Cc1nn(C)c(CSc2ccc(N)c(F)c2)c1Br. The van der Waals surface area contributed by atoms with Crippen LogP contribution in [-0.4, -0.2) is 9.78 Å². The lowest BCUT2D eigenvalue weighted by Gasteiger charge is -2.04. The fourth-order valence-corrected chi connectivity index (χ4v) is 3.23. The topological polar surface area (TPSA) is 43.8 Å². The van der Waals surface area contributed by atoms with Crippen LogP contribution in [0.2, 0.25) is 0 Å². The maximum Gasteiger partial charge on any atom is 0.147 e. The van der Waals surface area contributed by atoms with Crippen molar-refractivity contribution in [2.75, 3.05) is 5.73 Å². The molecule has 0 spiro atoms. The van der Waals surface area contributed by atoms with Gasteiger partial charge in [0.05, 0.1) is 21.5 Å². The molecule has 0 fully saturated rings. The number of nitrogen functional groups attached to an aromatic ring is 1. The molecule has 1 aromatic heterocycles. The van der Waals surface area contributed by atoms with Crippen molar-refractivity contribution in [3.63, 3.8) is 0 Å². The Labute approximate surface area is 118 Å². The predicted octanol–water partition coefficient (Wildman–Crippen LogP) is 3.50. The summed E-state index contributed by atoms with van der Waals surface area (Å²) >= 11 is 5.06. The highest BCUT2D eigenvalue weighted by Crippen LogP contribution is 2.29. The number of benzene rings is 1. The van der Waals surface area contributed by atoms with Crippen molar-refractivity contribution < 1.29 is 4.39 Å². The fraction of sp³-hybridized carbons (Fsp3) is 0.250. The Bertz CT molecular complexity index is 583. The Morgan fingerprint density at radius 3 is 2.78 bits per heavy atom. The lowest BCUT2D eigenvalue weighted by molar-refractivity contribution is 0.629. The monoisotopic (exact) mass is 329 g/mol. The van der Waals surface area contributed by atoms with Crippen molar-refractivity contribution in [1.29, 1.82) is 0 Å². The number of nitrogens with zero attached hydrogens (tertiary/aromatic N) is 2. The first kappa shape index (κ1) is 13.4. The quantitative estimate of drug-likeness (QED) is 0.692. The summed E-state index contributed by atoms with van der Waals surface area (Å²) in [6.45, 7) is 1.95. The maximum absolute atomic E-state index is 13.3. The molecule has 0 aliphatic rings. The van der Waals surface area contributed by atoms with E-state index in [1.54, 1.807) is 17.8 Å². The van der Waals surface area contributed by atoms with E-state index in [2.05, 4.69) is 21.0 Å². The molecule has 0 amide bonds. The number of halogens is 2. The highest BCUT2D eigenvalue weighted by atomic mass is 79.9. The van der Waals surface area contributed by atoms with Crippen LogP contribution < -0.4 is 5.73 Å². The molecule has 1 aromatic carbocycles. The van der Waals surface area contributed by atoms with Crippen LogP contribution in [0.4, 0.5) is 10.1 Å². The fourth-order valence-electron chi connectivity index (χ4n) is 1.59. The molecule has 2 rings (SSSR count). The number of aromatic nitrogens is 2. The Hall–Kier alpha value is -1.01. The Kier molecular flexibility index (Phi) is 3.97. The van der Waals surface area contributed by atoms with E-state index in [1.807, 2.05) is 24.7 Å². The van der Waals surface area contributed by atoms with Gasteiger partial charge >= 0.3 is 0 Å². The van der Waals surface area contributed by atoms with Gasteiger partial charge in [-0.05, 0) is 41.1 Å². The van der Waals surface area contributed by atoms with Crippen molar-refractivity contribution in [3.8, 4) is 0 Å². The summed E-state index contributed by atoms with van der Waals surface area (Å²) in [5.41, 5.74) is 7.65. The molecule has 0 radical (unpaired) electrons. The molecule has 1 heterocycles. The van der Waals surface area contributed by atoms with E-state index in [0.717, 1.165) is 26.5 Å². The summed E-state index contributed by atoms with van der Waals surface area (Å²) in [6, 6.07) is 4.86. The molecule has 96 valence electrons. The first-order chi connectivity index (χ1) is 8.49. The second kappa shape index (κ2) is 5.32. The van der Waals surface area contributed by atoms with E-state index in [0.29, 0.717) is 0 Å². The van der Waals surface area contributed by atoms with Crippen LogP contribution in [0, 0.1) is 12.7 Å². The van der Waals surface area contributed by atoms with Crippen molar-refractivity contribution in [2.45, 2.75) is 17.6 Å². The summed E-state index contributed by atoms with van der Waals surface area (Å²) in [4.78, 5) is 0.854. The molecule has 0 unspecified atom stereocenters. The third kappa shape index (κ3) is 2.70. The molecule has 0 saturated heterocycles. The van der Waals surface area contributed by atoms with E-state index in [1.165, 1.54) is 6.07 Å². The highest BCUT2D eigenvalue weighted by molar-refractivity contribution is 9.10. The van der Waals surface area contributed by atoms with Gasteiger partial charge in [-0.3, -0.25) is 4.68 Å². The minimum absolute atomic E-state index is 0.178. The second-order valence-electron chi connectivity index (χ2n) is 3.94. The maximum atomic E-state index is 13.3. The number of nitrogens with two attached hydrogens (primary N) is 1. The van der Waals surface area contributed by atoms with Crippen LogP contribution in [0.25, 0.3) is 0 Å². The van der Waals surface area contributed by atoms with Gasteiger partial charge in [0, 0.05) is 17.7 Å². The van der Waals surface area contributed by atoms with Crippen LogP contribution in [0.15, 0.2) is 27.6 Å². The molecule has 0 bridgehead atoms. The van der Waals surface area contributed by atoms with Gasteiger partial charge in [-0.15, -0.1) is 11.8 Å². The smallest absolute Gasteiger partial charge is 0.147 e. The predicted molar refractivity (Wildman–Crippen MR) is 76.0 cm³/mol. The van der Waals surface area contributed by atoms with Gasteiger partial charge < -0.3 is 5.73 Å². The molecule has 3 nitrogen and oxygen atoms in total. The zero-order valence-corrected chi connectivity index (χ0v) is 12.5. The lowest BCUT2D eigenvalue weighted by atomic mass is 10.3. The standard InChI is InChI=1S/C12H13BrFN3S/c1-7-12(13)11(17(2)16-7)6-18-8-3-4-10(15)9(14)5-8/h3-5H,6,15H2,1-2H3. The van der Waals surface area contributed by atoms with Gasteiger partial charge in [-0.1, -0.05) is 0 Å². The average Bonchev–Trinajstić information content (AvgIpc) is 2.56. The largest absolute Gasteiger partial charge is 0.396 e. The summed E-state index contributed by atoms with van der Waals surface area (Å²) in [5, 5.41) is 4.32. The van der Waals surface area contributed by atoms with E-state index in [-0.39, 0.29) is 11.5 Å². The first-order valence-corrected chi connectivity index (χ1v) is 7.12. The normalized spacial score (nSPS) is 10.9. The van der Waals surface area contributed by atoms with Gasteiger partial charge in [0.25, 0.3) is 0 Å². The van der Waals surface area contributed by atoms with Crippen LogP contribution in [-0.2, 0) is 12.8 Å². The van der Waals surface area contributed by atoms with Crippen LogP contribution in [0.5, 0.6) is 0 Å². The number of hydrogen-bond donors (Lipinski definition) is 1. The molecule has 0 atom stereocenters. The molecule has 0 aliphatic heterocycles. The summed E-state index contributed by atoms with van der Waals surface area (Å²) in [7, 11) is 1.90. The second-order valence-corrected chi connectivity index (χ2v) is 5.78. The zero-order chi connectivity index (χ0) is 13.3. The van der Waals surface area contributed by atoms with Crippen LogP contribution in [0.1, 0.15) is 11.4 Å². The molecule has 2 N–H and O–H groups in total.